The molecular weight excluding hydrogens is 412 g/mol. The van der Waals surface area contributed by atoms with Crippen molar-refractivity contribution < 1.29 is 4.74 Å². The molecule has 4 rings (SSSR count). The fourth-order valence-corrected chi connectivity index (χ4v) is 3.71. The highest BCUT2D eigenvalue weighted by atomic mass is 16.5. The van der Waals surface area contributed by atoms with E-state index in [1.54, 1.807) is 13.2 Å². The number of aromatic nitrogens is 3. The minimum absolute atomic E-state index is 0.451. The first-order valence-electron chi connectivity index (χ1n) is 11.2. The molecule has 0 radical (unpaired) electrons. The molecule has 0 bridgehead atoms. The summed E-state index contributed by atoms with van der Waals surface area (Å²) in [4.78, 5) is 13.3. The SMILES string of the molecule is CN=C(NCCCn1c(C)nc2ccccc21)NCc1cccc(OCc2ccccn2)c1. The quantitative estimate of drug-likeness (QED) is 0.232. The third-order valence-corrected chi connectivity index (χ3v) is 5.39. The number of aryl methyl sites for hydroxylation is 2. The molecule has 4 aromatic rings. The van der Waals surface area contributed by atoms with Crippen LogP contribution >= 0.6 is 0 Å². The van der Waals surface area contributed by atoms with Gasteiger partial charge in [0.1, 0.15) is 18.2 Å². The van der Waals surface area contributed by atoms with Gasteiger partial charge in [-0.1, -0.05) is 30.3 Å². The van der Waals surface area contributed by atoms with E-state index in [1.165, 1.54) is 5.52 Å². The van der Waals surface area contributed by atoms with Crippen molar-refractivity contribution in [3.05, 3.63) is 90.0 Å². The number of pyridine rings is 1. The number of imidazole rings is 1. The average Bonchev–Trinajstić information content (AvgIpc) is 3.18. The van der Waals surface area contributed by atoms with E-state index in [2.05, 4.69) is 61.4 Å². The zero-order valence-corrected chi connectivity index (χ0v) is 19.2. The minimum atomic E-state index is 0.451. The van der Waals surface area contributed by atoms with Crippen molar-refractivity contribution in [2.45, 2.75) is 33.0 Å². The first-order valence-corrected chi connectivity index (χ1v) is 11.2. The fraction of sp³-hybridized carbons (Fsp3) is 0.269. The van der Waals surface area contributed by atoms with Crippen molar-refractivity contribution in [2.75, 3.05) is 13.6 Å². The van der Waals surface area contributed by atoms with Crippen molar-refractivity contribution in [3.8, 4) is 5.75 Å². The van der Waals surface area contributed by atoms with Crippen LogP contribution in [0.4, 0.5) is 0 Å². The second-order valence-corrected chi connectivity index (χ2v) is 7.76. The molecule has 2 aromatic carbocycles. The molecule has 0 fully saturated rings. The molecule has 0 unspecified atom stereocenters. The predicted molar refractivity (Wildman–Crippen MR) is 132 cm³/mol. The summed E-state index contributed by atoms with van der Waals surface area (Å²) in [5, 5.41) is 6.77. The van der Waals surface area contributed by atoms with E-state index in [4.69, 9.17) is 4.74 Å². The number of benzene rings is 2. The third-order valence-electron chi connectivity index (χ3n) is 5.39. The Morgan fingerprint density at radius 3 is 2.76 bits per heavy atom. The monoisotopic (exact) mass is 442 g/mol. The molecule has 0 saturated carbocycles. The van der Waals surface area contributed by atoms with Gasteiger partial charge in [0.05, 0.1) is 16.7 Å². The molecule has 0 spiro atoms. The molecule has 33 heavy (non-hydrogen) atoms. The van der Waals surface area contributed by atoms with Crippen LogP contribution < -0.4 is 15.4 Å². The Kier molecular flexibility index (Phi) is 7.53. The van der Waals surface area contributed by atoms with Crippen molar-refractivity contribution >= 4 is 17.0 Å². The Labute approximate surface area is 194 Å². The number of nitrogens with one attached hydrogen (secondary N) is 2. The summed E-state index contributed by atoms with van der Waals surface area (Å²) >= 11 is 0. The molecule has 0 aliphatic heterocycles. The van der Waals surface area contributed by atoms with E-state index in [9.17, 15) is 0 Å². The first kappa shape index (κ1) is 22.3. The van der Waals surface area contributed by atoms with Gasteiger partial charge in [0.15, 0.2) is 5.96 Å². The summed E-state index contributed by atoms with van der Waals surface area (Å²) in [7, 11) is 1.79. The molecule has 0 aliphatic carbocycles. The summed E-state index contributed by atoms with van der Waals surface area (Å²) in [6.07, 6.45) is 2.75. The van der Waals surface area contributed by atoms with Crippen LogP contribution in [0.15, 0.2) is 77.9 Å². The number of hydrogen-bond donors (Lipinski definition) is 2. The van der Waals surface area contributed by atoms with E-state index < -0.39 is 0 Å². The van der Waals surface area contributed by atoms with Gasteiger partial charge in [-0.05, 0) is 55.3 Å². The highest BCUT2D eigenvalue weighted by Gasteiger charge is 2.06. The highest BCUT2D eigenvalue weighted by Crippen LogP contribution is 2.16. The molecule has 0 atom stereocenters. The van der Waals surface area contributed by atoms with Gasteiger partial charge in [-0.3, -0.25) is 9.98 Å². The molecule has 2 heterocycles. The number of nitrogens with zero attached hydrogens (tertiary/aromatic N) is 4. The van der Waals surface area contributed by atoms with Gasteiger partial charge >= 0.3 is 0 Å². The average molecular weight is 443 g/mol. The lowest BCUT2D eigenvalue weighted by atomic mass is 10.2. The van der Waals surface area contributed by atoms with Gasteiger partial charge in [-0.15, -0.1) is 0 Å². The van der Waals surface area contributed by atoms with Crippen LogP contribution in [-0.2, 0) is 19.7 Å². The van der Waals surface area contributed by atoms with Crippen molar-refractivity contribution in [1.82, 2.24) is 25.2 Å². The molecular formula is C26H30N6O. The lowest BCUT2D eigenvalue weighted by molar-refractivity contribution is 0.301. The maximum Gasteiger partial charge on any atom is 0.191 e. The zero-order chi connectivity index (χ0) is 22.9. The number of hydrogen-bond acceptors (Lipinski definition) is 4. The Hall–Kier alpha value is -3.87. The largest absolute Gasteiger partial charge is 0.487 e. The van der Waals surface area contributed by atoms with Gasteiger partial charge in [0.25, 0.3) is 0 Å². The molecule has 2 aromatic heterocycles. The smallest absolute Gasteiger partial charge is 0.191 e. The Balaban J connectivity index is 1.23. The summed E-state index contributed by atoms with van der Waals surface area (Å²) in [5.74, 6) is 2.65. The second-order valence-electron chi connectivity index (χ2n) is 7.76. The van der Waals surface area contributed by atoms with Crippen molar-refractivity contribution in [3.63, 3.8) is 0 Å². The van der Waals surface area contributed by atoms with Crippen LogP contribution in [0.25, 0.3) is 11.0 Å². The Bertz CT molecular complexity index is 1200. The number of guanidine groups is 1. The predicted octanol–water partition coefficient (Wildman–Crippen LogP) is 4.07. The summed E-state index contributed by atoms with van der Waals surface area (Å²) in [5.41, 5.74) is 4.26. The van der Waals surface area contributed by atoms with Crippen molar-refractivity contribution in [1.29, 1.82) is 0 Å². The molecule has 0 aliphatic rings. The number of aliphatic imine (C=N–C) groups is 1. The number of rotatable bonds is 9. The van der Waals surface area contributed by atoms with Crippen LogP contribution in [0, 0.1) is 6.92 Å². The Morgan fingerprint density at radius 2 is 1.91 bits per heavy atom. The molecule has 170 valence electrons. The fourth-order valence-electron chi connectivity index (χ4n) is 3.71. The van der Waals surface area contributed by atoms with Gasteiger partial charge in [0.2, 0.25) is 0 Å². The molecule has 2 N–H and O–H groups in total. The van der Waals surface area contributed by atoms with E-state index in [0.29, 0.717) is 13.2 Å². The molecule has 7 heteroatoms. The van der Waals surface area contributed by atoms with Crippen LogP contribution in [0.1, 0.15) is 23.5 Å². The number of para-hydroxylation sites is 2. The minimum Gasteiger partial charge on any atom is -0.487 e. The topological polar surface area (TPSA) is 76.4 Å². The summed E-state index contributed by atoms with van der Waals surface area (Å²) < 4.78 is 8.14. The summed E-state index contributed by atoms with van der Waals surface area (Å²) in [6.45, 7) is 4.89. The number of fused-ring (bicyclic) bond motifs is 1. The lowest BCUT2D eigenvalue weighted by Crippen LogP contribution is -2.37. The Morgan fingerprint density at radius 1 is 1.03 bits per heavy atom. The maximum absolute atomic E-state index is 5.88. The summed E-state index contributed by atoms with van der Waals surface area (Å²) in [6, 6.07) is 22.1. The van der Waals surface area contributed by atoms with Crippen LogP contribution in [0.5, 0.6) is 5.75 Å². The number of ether oxygens (including phenoxy) is 1. The van der Waals surface area contributed by atoms with Gasteiger partial charge in [0, 0.05) is 32.9 Å². The lowest BCUT2D eigenvalue weighted by Gasteiger charge is -2.13. The van der Waals surface area contributed by atoms with Crippen molar-refractivity contribution in [2.24, 2.45) is 4.99 Å². The zero-order valence-electron chi connectivity index (χ0n) is 19.2. The highest BCUT2D eigenvalue weighted by molar-refractivity contribution is 5.79. The molecule has 0 saturated heterocycles. The third kappa shape index (κ3) is 6.10. The van der Waals surface area contributed by atoms with Gasteiger partial charge in [-0.25, -0.2) is 4.98 Å². The van der Waals surface area contributed by atoms with Gasteiger partial charge < -0.3 is 19.9 Å². The molecule has 7 nitrogen and oxygen atoms in total. The van der Waals surface area contributed by atoms with E-state index in [-0.39, 0.29) is 0 Å². The maximum atomic E-state index is 5.88. The first-order chi connectivity index (χ1) is 16.2. The standard InChI is InChI=1S/C26H30N6O/c1-20-31-24-12-3-4-13-25(24)32(20)16-8-15-29-26(27-2)30-18-21-9-7-11-23(17-21)33-19-22-10-5-6-14-28-22/h3-7,9-14,17H,8,15-16,18-19H2,1-2H3,(H2,27,29,30). The van der Waals surface area contributed by atoms with Gasteiger partial charge in [-0.2, -0.15) is 0 Å². The van der Waals surface area contributed by atoms with E-state index in [0.717, 1.165) is 53.8 Å². The van der Waals surface area contributed by atoms with Crippen LogP contribution in [-0.4, -0.2) is 34.1 Å². The van der Waals surface area contributed by atoms with E-state index >= 15 is 0 Å². The van der Waals surface area contributed by atoms with Crippen LogP contribution in [0.2, 0.25) is 0 Å². The molecule has 0 amide bonds. The second kappa shape index (κ2) is 11.1. The normalized spacial score (nSPS) is 11.5. The van der Waals surface area contributed by atoms with E-state index in [1.807, 2.05) is 42.5 Å². The van der Waals surface area contributed by atoms with Crippen LogP contribution in [0.3, 0.4) is 0 Å².